The third-order valence-electron chi connectivity index (χ3n) is 4.78. The fourth-order valence-corrected chi connectivity index (χ4v) is 3.99. The lowest BCUT2D eigenvalue weighted by atomic mass is 9.90. The van der Waals surface area contributed by atoms with Crippen molar-refractivity contribution in [1.82, 2.24) is 15.3 Å². The molecule has 3 amide bonds. The highest BCUT2D eigenvalue weighted by molar-refractivity contribution is 7.80. The second-order valence-corrected chi connectivity index (χ2v) is 7.52. The Morgan fingerprint density at radius 3 is 2.43 bits per heavy atom. The van der Waals surface area contributed by atoms with E-state index in [9.17, 15) is 18.0 Å². The molecule has 2 aliphatic rings. The van der Waals surface area contributed by atoms with Gasteiger partial charge in [-0.2, -0.15) is 13.5 Å². The van der Waals surface area contributed by atoms with Crippen molar-refractivity contribution in [3.8, 4) is 0 Å². The maximum absolute atomic E-state index is 12.9. The molecule has 2 aliphatic heterocycles. The van der Waals surface area contributed by atoms with Crippen LogP contribution in [0.5, 0.6) is 0 Å². The zero-order valence-electron chi connectivity index (χ0n) is 14.6. The number of urea groups is 1. The minimum Gasteiger partial charge on any atom is -0.350 e. The second kappa shape index (κ2) is 6.89. The Bertz CT molecular complexity index is 1030. The molecule has 0 saturated carbocycles. The molecule has 1 fully saturated rings. The zero-order valence-corrected chi connectivity index (χ0v) is 15.4. The fraction of sp³-hybridized carbons (Fsp3) is 0.222. The van der Waals surface area contributed by atoms with Crippen LogP contribution in [0.4, 0.5) is 4.79 Å². The maximum Gasteiger partial charge on any atom is 0.418 e. The topological polar surface area (TPSA) is 116 Å². The van der Waals surface area contributed by atoms with E-state index in [1.807, 2.05) is 30.3 Å². The number of amides is 3. The maximum atomic E-state index is 12.9. The number of hydrogen-bond donors (Lipinski definition) is 2. The predicted molar refractivity (Wildman–Crippen MR) is 96.8 cm³/mol. The summed E-state index contributed by atoms with van der Waals surface area (Å²) in [7, 11) is -4.89. The van der Waals surface area contributed by atoms with Gasteiger partial charge in [0, 0.05) is 6.54 Å². The lowest BCUT2D eigenvalue weighted by molar-refractivity contribution is -0.125. The third-order valence-corrected chi connectivity index (χ3v) is 5.13. The molecule has 2 N–H and O–H groups in total. The van der Waals surface area contributed by atoms with E-state index in [0.29, 0.717) is 16.2 Å². The monoisotopic (exact) mass is 403 g/mol. The first kappa shape index (κ1) is 18.4. The number of carbonyl (C=O) groups is 2. The molecule has 28 heavy (non-hydrogen) atoms. The Balaban J connectivity index is 1.64. The van der Waals surface area contributed by atoms with Crippen LogP contribution < -0.4 is 5.32 Å². The van der Waals surface area contributed by atoms with E-state index in [1.165, 1.54) is 4.90 Å². The summed E-state index contributed by atoms with van der Waals surface area (Å²) in [5.74, 6) is -0.392. The Morgan fingerprint density at radius 2 is 1.75 bits per heavy atom. The van der Waals surface area contributed by atoms with Crippen LogP contribution in [0.15, 0.2) is 54.6 Å². The van der Waals surface area contributed by atoms with Crippen molar-refractivity contribution < 1.29 is 26.8 Å². The molecule has 2 atom stereocenters. The first-order chi connectivity index (χ1) is 13.3. The second-order valence-electron chi connectivity index (χ2n) is 6.51. The number of benzene rings is 2. The van der Waals surface area contributed by atoms with Crippen LogP contribution in [-0.4, -0.2) is 41.4 Å². The number of nitrogens with zero attached hydrogens (tertiary/aromatic N) is 2. The summed E-state index contributed by atoms with van der Waals surface area (Å²) in [6.45, 7) is 0.351. The van der Waals surface area contributed by atoms with Crippen LogP contribution >= 0.6 is 0 Å². The molecule has 2 aromatic rings. The molecule has 0 aromatic heterocycles. The summed E-state index contributed by atoms with van der Waals surface area (Å²) < 4.78 is 35.8. The van der Waals surface area contributed by atoms with Crippen LogP contribution in [-0.2, 0) is 26.0 Å². The lowest BCUT2D eigenvalue weighted by Crippen LogP contribution is -2.43. The molecule has 10 heteroatoms. The summed E-state index contributed by atoms with van der Waals surface area (Å²) in [5, 5.41) is 3.41. The van der Waals surface area contributed by atoms with Gasteiger partial charge in [0.1, 0.15) is 12.1 Å². The highest BCUT2D eigenvalue weighted by Gasteiger charge is 2.51. The molecule has 2 aromatic carbocycles. The first-order valence-electron chi connectivity index (χ1n) is 8.52. The summed E-state index contributed by atoms with van der Waals surface area (Å²) in [4.78, 5) is 26.9. The molecule has 2 heterocycles. The summed E-state index contributed by atoms with van der Waals surface area (Å²) >= 11 is 0. The minimum atomic E-state index is -4.89. The number of hydroxylamine groups is 2. The standard InChI is InChI=1S/C18H17N3O6S/c22-17(19-10-12-6-2-1-3-7-12)16-14-9-5-4-8-13(14)15-11-20(16)18(23)21(15)27-28(24,25)26/h1-9,15-16H,10-11H2,(H,19,22)(H,24,25,26)/t15-,16+/m0/s1. The normalized spacial score (nSPS) is 20.8. The van der Waals surface area contributed by atoms with Gasteiger partial charge in [0.15, 0.2) is 0 Å². The van der Waals surface area contributed by atoms with Gasteiger partial charge in [0.05, 0.1) is 6.54 Å². The van der Waals surface area contributed by atoms with Crippen LogP contribution in [0.25, 0.3) is 0 Å². The predicted octanol–water partition coefficient (Wildman–Crippen LogP) is 1.57. The largest absolute Gasteiger partial charge is 0.418 e. The SMILES string of the molecule is O=C(NCc1ccccc1)[C@H]1c2ccccc2[C@@H]2CN1C(=O)N2OS(=O)(=O)O. The lowest BCUT2D eigenvalue weighted by Gasteiger charge is -2.31. The number of nitrogens with one attached hydrogen (secondary N) is 1. The van der Waals surface area contributed by atoms with Gasteiger partial charge < -0.3 is 10.2 Å². The summed E-state index contributed by atoms with van der Waals surface area (Å²) in [6.07, 6.45) is 0. The number of rotatable bonds is 5. The van der Waals surface area contributed by atoms with E-state index in [1.54, 1.807) is 24.3 Å². The molecule has 4 rings (SSSR count). The average Bonchev–Trinajstić information content (AvgIpc) is 2.93. The molecule has 0 spiro atoms. The van der Waals surface area contributed by atoms with Crippen molar-refractivity contribution in [2.75, 3.05) is 6.54 Å². The van der Waals surface area contributed by atoms with E-state index in [-0.39, 0.29) is 13.1 Å². The van der Waals surface area contributed by atoms with Crippen molar-refractivity contribution in [2.45, 2.75) is 18.6 Å². The number of fused-ring (bicyclic) bond motifs is 4. The molecular formula is C18H17N3O6S. The smallest absolute Gasteiger partial charge is 0.350 e. The van der Waals surface area contributed by atoms with E-state index < -0.39 is 34.4 Å². The van der Waals surface area contributed by atoms with Crippen molar-refractivity contribution >= 4 is 22.3 Å². The van der Waals surface area contributed by atoms with Gasteiger partial charge in [0.2, 0.25) is 5.91 Å². The van der Waals surface area contributed by atoms with E-state index in [0.717, 1.165) is 5.56 Å². The highest BCUT2D eigenvalue weighted by atomic mass is 32.3. The van der Waals surface area contributed by atoms with Crippen molar-refractivity contribution in [3.63, 3.8) is 0 Å². The van der Waals surface area contributed by atoms with Crippen LogP contribution in [0.1, 0.15) is 28.8 Å². The molecule has 146 valence electrons. The van der Waals surface area contributed by atoms with Crippen LogP contribution in [0.2, 0.25) is 0 Å². The third kappa shape index (κ3) is 3.33. The van der Waals surface area contributed by atoms with Crippen LogP contribution in [0, 0.1) is 0 Å². The Hall–Kier alpha value is -2.95. The van der Waals surface area contributed by atoms with E-state index in [4.69, 9.17) is 4.55 Å². The summed E-state index contributed by atoms with van der Waals surface area (Å²) in [5.41, 5.74) is 2.08. The Morgan fingerprint density at radius 1 is 1.11 bits per heavy atom. The summed E-state index contributed by atoms with van der Waals surface area (Å²) in [6, 6.07) is 13.7. The van der Waals surface area contributed by atoms with Crippen LogP contribution in [0.3, 0.4) is 0 Å². The van der Waals surface area contributed by atoms with Crippen molar-refractivity contribution in [2.24, 2.45) is 0 Å². The van der Waals surface area contributed by atoms with Gasteiger partial charge in [-0.15, -0.1) is 4.28 Å². The van der Waals surface area contributed by atoms with Gasteiger partial charge in [-0.25, -0.2) is 4.79 Å². The molecule has 0 unspecified atom stereocenters. The molecule has 0 aliphatic carbocycles. The van der Waals surface area contributed by atoms with Crippen molar-refractivity contribution in [1.29, 1.82) is 0 Å². The molecule has 0 radical (unpaired) electrons. The van der Waals surface area contributed by atoms with E-state index >= 15 is 0 Å². The van der Waals surface area contributed by atoms with Gasteiger partial charge in [-0.3, -0.25) is 9.35 Å². The van der Waals surface area contributed by atoms with Gasteiger partial charge in [-0.05, 0) is 16.7 Å². The first-order valence-corrected chi connectivity index (χ1v) is 9.89. The van der Waals surface area contributed by atoms with Crippen molar-refractivity contribution in [3.05, 3.63) is 71.3 Å². The molecular weight excluding hydrogens is 386 g/mol. The molecule has 2 bridgehead atoms. The van der Waals surface area contributed by atoms with Gasteiger partial charge >= 0.3 is 16.4 Å². The van der Waals surface area contributed by atoms with Gasteiger partial charge in [0.25, 0.3) is 0 Å². The molecule has 1 saturated heterocycles. The Kier molecular flexibility index (Phi) is 4.53. The quantitative estimate of drug-likeness (QED) is 0.732. The molecule has 9 nitrogen and oxygen atoms in total. The number of carbonyl (C=O) groups excluding carboxylic acids is 2. The average molecular weight is 403 g/mol. The Labute approximate surface area is 161 Å². The van der Waals surface area contributed by atoms with E-state index in [2.05, 4.69) is 9.60 Å². The minimum absolute atomic E-state index is 0.0643. The number of hydrogen-bond acceptors (Lipinski definition) is 5. The highest BCUT2D eigenvalue weighted by Crippen LogP contribution is 2.44. The van der Waals surface area contributed by atoms with Gasteiger partial charge in [-0.1, -0.05) is 54.6 Å². The zero-order chi connectivity index (χ0) is 19.9. The fourth-order valence-electron chi connectivity index (χ4n) is 3.62.